The van der Waals surface area contributed by atoms with Crippen molar-refractivity contribution >= 4 is 52.9 Å². The molecule has 0 aliphatic carbocycles. The first-order valence-electron chi connectivity index (χ1n) is 23.9. The number of aromatic amines is 1. The van der Waals surface area contributed by atoms with Crippen molar-refractivity contribution in [3.63, 3.8) is 0 Å². The van der Waals surface area contributed by atoms with Crippen LogP contribution in [0.15, 0.2) is 40.5 Å². The van der Waals surface area contributed by atoms with Gasteiger partial charge in [-0.15, -0.1) is 0 Å². The number of hydrogen-bond donors (Lipinski definition) is 3. The van der Waals surface area contributed by atoms with Crippen LogP contribution in [0.4, 0.5) is 26.3 Å². The molecule has 0 aliphatic heterocycles. The molecule has 0 radical (unpaired) electrons. The Morgan fingerprint density at radius 2 is 1.20 bits per heavy atom. The minimum absolute atomic E-state index is 0.00273. The van der Waals surface area contributed by atoms with Crippen molar-refractivity contribution in [1.29, 1.82) is 0 Å². The summed E-state index contributed by atoms with van der Waals surface area (Å²) >= 11 is 5.75. The zero-order valence-electron chi connectivity index (χ0n) is 48.9. The summed E-state index contributed by atoms with van der Waals surface area (Å²) in [6.45, 7) is 33.0. The molecule has 3 aromatic rings. The van der Waals surface area contributed by atoms with Gasteiger partial charge in [-0.3, -0.25) is 19.7 Å². The van der Waals surface area contributed by atoms with E-state index in [-0.39, 0.29) is 57.4 Å². The number of aliphatic hydroxyl groups excluding tert-OH is 1. The quantitative estimate of drug-likeness (QED) is 0.0222. The van der Waals surface area contributed by atoms with Gasteiger partial charge in [0.2, 0.25) is 0 Å². The van der Waals surface area contributed by atoms with Crippen LogP contribution >= 0.6 is 11.6 Å². The minimum atomic E-state index is -3.14. The molecule has 3 aromatic heterocycles. The van der Waals surface area contributed by atoms with E-state index in [1.54, 1.807) is 90.1 Å². The Morgan fingerprint density at radius 1 is 0.734 bits per heavy atom. The number of ether oxygens (including phenoxy) is 5. The van der Waals surface area contributed by atoms with Crippen molar-refractivity contribution in [2.45, 2.75) is 192 Å². The fourth-order valence-electron chi connectivity index (χ4n) is 5.28. The van der Waals surface area contributed by atoms with Gasteiger partial charge < -0.3 is 34.1 Å². The highest BCUT2D eigenvalue weighted by atomic mass is 35.5. The number of allylic oxidation sites excluding steroid dienone is 2. The van der Waals surface area contributed by atoms with Crippen molar-refractivity contribution in [2.24, 2.45) is 4.99 Å². The molecule has 0 amide bonds. The third kappa shape index (κ3) is 30.8. The van der Waals surface area contributed by atoms with Gasteiger partial charge in [0, 0.05) is 43.3 Å². The number of nitrogens with one attached hydrogen (secondary N) is 2. The number of hydrogen-bond acceptors (Lipinski definition) is 18. The second-order valence-corrected chi connectivity index (χ2v) is 22.0. The van der Waals surface area contributed by atoms with Crippen LogP contribution in [0.5, 0.6) is 0 Å². The normalized spacial score (nSPS) is 12.5. The first-order valence-corrected chi connectivity index (χ1v) is 24.3. The summed E-state index contributed by atoms with van der Waals surface area (Å²) in [5.74, 6) is -4.87. The number of aromatic nitrogens is 6. The number of carbonyl (C=O) groups is 6. The van der Waals surface area contributed by atoms with E-state index in [0.717, 1.165) is 16.7 Å². The zero-order valence-corrected chi connectivity index (χ0v) is 49.7. The topological polar surface area (TPSA) is 265 Å². The van der Waals surface area contributed by atoms with E-state index in [2.05, 4.69) is 35.6 Å². The van der Waals surface area contributed by atoms with E-state index in [1.807, 2.05) is 27.7 Å². The van der Waals surface area contributed by atoms with Crippen LogP contribution < -0.4 is 5.32 Å². The van der Waals surface area contributed by atoms with Gasteiger partial charge in [0.05, 0.1) is 5.69 Å². The number of nitrogens with zero attached hydrogens (tertiary/aromatic N) is 6. The fraction of sp³-hybridized carbons (Fsp3) is 0.596. The molecule has 20 nitrogen and oxygen atoms in total. The van der Waals surface area contributed by atoms with Crippen LogP contribution in [0.2, 0.25) is 5.15 Å². The number of alkyl halides is 6. The van der Waals surface area contributed by atoms with Gasteiger partial charge in [0.15, 0.2) is 11.6 Å². The second-order valence-electron chi connectivity index (χ2n) is 21.6. The van der Waals surface area contributed by atoms with Gasteiger partial charge >= 0.3 is 29.8 Å². The lowest BCUT2D eigenvalue weighted by atomic mass is 10.1. The number of aryl methyl sites for hydroxylation is 2. The highest BCUT2D eigenvalue weighted by molar-refractivity contribution is 6.29. The molecule has 3 heterocycles. The van der Waals surface area contributed by atoms with Crippen LogP contribution in [0.3, 0.4) is 0 Å². The van der Waals surface area contributed by atoms with Crippen molar-refractivity contribution in [3.8, 4) is 5.82 Å². The molecule has 0 spiro atoms. The van der Waals surface area contributed by atoms with Crippen LogP contribution in [-0.4, -0.2) is 125 Å². The number of halogens is 7. The highest BCUT2D eigenvalue weighted by Gasteiger charge is 2.33. The Morgan fingerprint density at radius 3 is 1.58 bits per heavy atom. The lowest BCUT2D eigenvalue weighted by molar-refractivity contribution is -0.156. The molecule has 446 valence electrons. The van der Waals surface area contributed by atoms with Crippen molar-refractivity contribution in [2.75, 3.05) is 14.1 Å². The lowest BCUT2D eigenvalue weighted by Crippen LogP contribution is -2.28. The number of aliphatic imine (C=N–C) groups is 1. The molecular formula is C52H77ClF6N8O12. The summed E-state index contributed by atoms with van der Waals surface area (Å²) in [6, 6.07) is 1.28. The predicted molar refractivity (Wildman–Crippen MR) is 283 cm³/mol. The predicted octanol–water partition coefficient (Wildman–Crippen LogP) is 11.4. The Hall–Kier alpha value is -6.86. The van der Waals surface area contributed by atoms with Crippen molar-refractivity contribution in [3.05, 3.63) is 74.6 Å². The van der Waals surface area contributed by atoms with Gasteiger partial charge in [0.25, 0.3) is 19.3 Å². The van der Waals surface area contributed by atoms with Crippen molar-refractivity contribution in [1.82, 2.24) is 35.3 Å². The standard InChI is InChI=1S/C14H15ClF2N4O2.C11H17F2NO3.C10H14F2N2O2.C9H17NO2.C8H14O3/c1-7-10(13(22)23-14(2,3)4)11(12(16)17)21(20-7)9-5-8(15)18-6-19-9;1-6(14-5)7(8(15)9(12)13)10(16)17-11(2,3)4;1-5-6(7(8(11)12)14-13-5)9(15)16-10(2,3)4;1-7(10-5)6-8(11)12-9(2,3)4;1-6(9)5-7(10)11-8(2,3)4/h5-6,12H,1-4H3;9,15H,1-5H3;8H,1-4H3,(H,13,14);6,10H,1-5H3;5H2,1-4H3/b;;;7-6-;. The Kier molecular flexibility index (Phi) is 29.7. The number of H-pyrrole nitrogens is 1. The van der Waals surface area contributed by atoms with Crippen LogP contribution in [0.1, 0.15) is 187 Å². The number of carbonyl (C=O) groups excluding carboxylic acids is 6. The molecule has 0 aromatic carbocycles. The SMILES string of the molecule is CC(=O)CC(=O)OC(C)(C)C.CN/C(C)=C\C(=O)OC(C)(C)C.CN=C(C)C(C(=O)OC(C)(C)C)=C(O)C(F)F.Cc1[nH]nc(C(F)F)c1C(=O)OC(C)(C)C.Cc1nn(-c2cc(Cl)ncn2)c(C(F)F)c1C(=O)OC(C)(C)C. The number of Topliss-reactive ketones (excluding diaryl/α,β-unsaturated/α-hetero) is 1. The van der Waals surface area contributed by atoms with Gasteiger partial charge in [-0.1, -0.05) is 11.6 Å². The molecule has 3 rings (SSSR count). The van der Waals surface area contributed by atoms with E-state index in [9.17, 15) is 60.2 Å². The first kappa shape index (κ1) is 74.2. The molecule has 27 heteroatoms. The van der Waals surface area contributed by atoms with Crippen molar-refractivity contribution < 1.29 is 83.9 Å². The maximum atomic E-state index is 13.5. The minimum Gasteiger partial charge on any atom is -0.506 e. The fourth-order valence-corrected chi connectivity index (χ4v) is 5.43. The van der Waals surface area contributed by atoms with E-state index in [1.165, 1.54) is 46.9 Å². The number of rotatable bonds is 12. The Bertz CT molecular complexity index is 2630. The Labute approximate surface area is 462 Å². The number of ketones is 1. The third-order valence-corrected chi connectivity index (χ3v) is 8.45. The molecule has 0 atom stereocenters. The van der Waals surface area contributed by atoms with Gasteiger partial charge in [-0.05, 0) is 138 Å². The number of aliphatic hydroxyl groups is 1. The molecule has 79 heavy (non-hydrogen) atoms. The Balaban J connectivity index is 0. The molecule has 0 bridgehead atoms. The monoisotopic (exact) mass is 1150 g/mol. The average Bonchev–Trinajstić information content (AvgIpc) is 3.81. The van der Waals surface area contributed by atoms with Crippen LogP contribution in [0.25, 0.3) is 5.82 Å². The van der Waals surface area contributed by atoms with E-state index in [0.29, 0.717) is 0 Å². The van der Waals surface area contributed by atoms with Gasteiger partial charge in [0.1, 0.15) is 79.8 Å². The summed E-state index contributed by atoms with van der Waals surface area (Å²) in [5.41, 5.74) is -4.28. The van der Waals surface area contributed by atoms with E-state index in [4.69, 9.17) is 35.3 Å². The lowest BCUT2D eigenvalue weighted by Gasteiger charge is -2.21. The summed E-state index contributed by atoms with van der Waals surface area (Å²) in [7, 11) is 3.09. The summed E-state index contributed by atoms with van der Waals surface area (Å²) in [4.78, 5) is 79.1. The molecule has 0 saturated carbocycles. The first-order chi connectivity index (χ1) is 35.6. The highest BCUT2D eigenvalue weighted by Crippen LogP contribution is 2.30. The summed E-state index contributed by atoms with van der Waals surface area (Å²) in [5, 5.41) is 21.8. The molecule has 0 unspecified atom stereocenters. The van der Waals surface area contributed by atoms with E-state index < -0.39 is 93.9 Å². The van der Waals surface area contributed by atoms with Gasteiger partial charge in [-0.25, -0.2) is 60.2 Å². The van der Waals surface area contributed by atoms with Gasteiger partial charge in [-0.2, -0.15) is 10.2 Å². The van der Waals surface area contributed by atoms with E-state index >= 15 is 0 Å². The second kappa shape index (κ2) is 31.7. The molecule has 0 fully saturated rings. The molecular weight excluding hydrogens is 1080 g/mol. The zero-order chi connectivity index (χ0) is 62.5. The maximum absolute atomic E-state index is 13.5. The summed E-state index contributed by atoms with van der Waals surface area (Å²) < 4.78 is 103. The summed E-state index contributed by atoms with van der Waals surface area (Å²) in [6.07, 6.45) is -6.46. The molecule has 0 saturated heterocycles. The maximum Gasteiger partial charge on any atom is 0.344 e. The third-order valence-electron chi connectivity index (χ3n) is 8.24. The van der Waals surface area contributed by atoms with Crippen LogP contribution in [0, 0.1) is 13.8 Å². The molecule has 3 N–H and O–H groups in total. The smallest absolute Gasteiger partial charge is 0.344 e. The largest absolute Gasteiger partial charge is 0.506 e. The van der Waals surface area contributed by atoms with Crippen LogP contribution in [-0.2, 0) is 42.9 Å². The molecule has 0 aliphatic rings. The number of esters is 5. The average molecular weight is 1160 g/mol.